The lowest BCUT2D eigenvalue weighted by Gasteiger charge is -2.19. The van der Waals surface area contributed by atoms with Crippen LogP contribution in [0.4, 0.5) is 0 Å². The molecule has 0 aromatic heterocycles. The van der Waals surface area contributed by atoms with E-state index in [1.54, 1.807) is 0 Å². The Morgan fingerprint density at radius 3 is 2.10 bits per heavy atom. The van der Waals surface area contributed by atoms with Gasteiger partial charge < -0.3 is 9.47 Å². The van der Waals surface area contributed by atoms with Gasteiger partial charge in [-0.3, -0.25) is 0 Å². The fourth-order valence-corrected chi connectivity index (χ4v) is 2.45. The van der Waals surface area contributed by atoms with E-state index >= 15 is 0 Å². The molecule has 0 fully saturated rings. The van der Waals surface area contributed by atoms with Gasteiger partial charge in [-0.2, -0.15) is 0 Å². The molecule has 0 aromatic rings. The molecular formula is C19H40O2. The average Bonchev–Trinajstić information content (AvgIpc) is 2.49. The summed E-state index contributed by atoms with van der Waals surface area (Å²) in [6.07, 6.45) is 10.4. The van der Waals surface area contributed by atoms with Gasteiger partial charge in [-0.15, -0.1) is 0 Å². The molecule has 0 N–H and O–H groups in total. The van der Waals surface area contributed by atoms with Crippen LogP contribution in [0.2, 0.25) is 0 Å². The van der Waals surface area contributed by atoms with Crippen LogP contribution >= 0.6 is 0 Å². The van der Waals surface area contributed by atoms with Crippen LogP contribution in [0.15, 0.2) is 0 Å². The summed E-state index contributed by atoms with van der Waals surface area (Å²) in [6.45, 7) is 13.9. The van der Waals surface area contributed by atoms with Crippen LogP contribution in [0.1, 0.15) is 86.0 Å². The number of unbranched alkanes of at least 4 members (excludes halogenated alkanes) is 2. The van der Waals surface area contributed by atoms with Crippen LogP contribution in [-0.4, -0.2) is 25.9 Å². The Balaban J connectivity index is 3.54. The molecule has 2 heteroatoms. The quantitative estimate of drug-likeness (QED) is 0.354. The highest BCUT2D eigenvalue weighted by molar-refractivity contribution is 4.59. The lowest BCUT2D eigenvalue weighted by atomic mass is 10.0. The minimum atomic E-state index is 0.326. The van der Waals surface area contributed by atoms with Crippen LogP contribution in [0, 0.1) is 11.8 Å². The number of ether oxygens (including phenoxy) is 2. The third kappa shape index (κ3) is 13.3. The van der Waals surface area contributed by atoms with Gasteiger partial charge in [0.2, 0.25) is 0 Å². The molecule has 3 unspecified atom stereocenters. The molecule has 0 heterocycles. The highest BCUT2D eigenvalue weighted by Gasteiger charge is 2.09. The minimum absolute atomic E-state index is 0.326. The summed E-state index contributed by atoms with van der Waals surface area (Å²) in [5, 5.41) is 0. The van der Waals surface area contributed by atoms with Crippen LogP contribution in [-0.2, 0) is 9.47 Å². The first kappa shape index (κ1) is 20.9. The van der Waals surface area contributed by atoms with Crippen molar-refractivity contribution in [1.29, 1.82) is 0 Å². The molecule has 0 bridgehead atoms. The first-order valence-electron chi connectivity index (χ1n) is 9.33. The van der Waals surface area contributed by atoms with E-state index in [9.17, 15) is 0 Å². The van der Waals surface area contributed by atoms with E-state index in [2.05, 4.69) is 34.6 Å². The number of rotatable bonds is 15. The maximum Gasteiger partial charge on any atom is 0.0569 e. The third-order valence-corrected chi connectivity index (χ3v) is 4.28. The van der Waals surface area contributed by atoms with Gasteiger partial charge in [0.25, 0.3) is 0 Å². The Morgan fingerprint density at radius 1 is 0.810 bits per heavy atom. The SMILES string of the molecule is CCCCC(C)COCCC(C)OCC(CC)CCCC. The van der Waals surface area contributed by atoms with Crippen LogP contribution in [0.5, 0.6) is 0 Å². The zero-order chi connectivity index (χ0) is 15.9. The molecular weight excluding hydrogens is 260 g/mol. The Kier molecular flexibility index (Phi) is 14.8. The summed E-state index contributed by atoms with van der Waals surface area (Å²) in [4.78, 5) is 0. The molecule has 0 radical (unpaired) electrons. The largest absolute Gasteiger partial charge is 0.381 e. The van der Waals surface area contributed by atoms with Crippen molar-refractivity contribution in [2.45, 2.75) is 92.1 Å². The molecule has 0 aromatic carbocycles. The van der Waals surface area contributed by atoms with Gasteiger partial charge in [-0.05, 0) is 38.0 Å². The molecule has 0 saturated heterocycles. The summed E-state index contributed by atoms with van der Waals surface area (Å²) in [6, 6.07) is 0. The Morgan fingerprint density at radius 2 is 1.48 bits per heavy atom. The van der Waals surface area contributed by atoms with Crippen molar-refractivity contribution >= 4 is 0 Å². The molecule has 0 amide bonds. The molecule has 128 valence electrons. The second kappa shape index (κ2) is 14.8. The van der Waals surface area contributed by atoms with Crippen molar-refractivity contribution in [1.82, 2.24) is 0 Å². The van der Waals surface area contributed by atoms with Gasteiger partial charge in [0.05, 0.1) is 6.10 Å². The Hall–Kier alpha value is -0.0800. The van der Waals surface area contributed by atoms with Crippen molar-refractivity contribution in [3.05, 3.63) is 0 Å². The smallest absolute Gasteiger partial charge is 0.0569 e. The van der Waals surface area contributed by atoms with Crippen molar-refractivity contribution in [2.24, 2.45) is 11.8 Å². The van der Waals surface area contributed by atoms with Crippen LogP contribution in [0.3, 0.4) is 0 Å². The molecule has 2 nitrogen and oxygen atoms in total. The van der Waals surface area contributed by atoms with E-state index in [1.165, 1.54) is 44.9 Å². The van der Waals surface area contributed by atoms with E-state index in [0.717, 1.165) is 32.2 Å². The molecule has 0 spiro atoms. The average molecular weight is 301 g/mol. The third-order valence-electron chi connectivity index (χ3n) is 4.28. The van der Waals surface area contributed by atoms with E-state index in [4.69, 9.17) is 9.47 Å². The first-order chi connectivity index (χ1) is 10.1. The van der Waals surface area contributed by atoms with E-state index in [-0.39, 0.29) is 0 Å². The number of hydrogen-bond acceptors (Lipinski definition) is 2. The number of hydrogen-bond donors (Lipinski definition) is 0. The van der Waals surface area contributed by atoms with Crippen molar-refractivity contribution < 1.29 is 9.47 Å². The Bertz CT molecular complexity index is 206. The highest BCUT2D eigenvalue weighted by Crippen LogP contribution is 2.14. The molecule has 0 saturated carbocycles. The lowest BCUT2D eigenvalue weighted by Crippen LogP contribution is -2.18. The fourth-order valence-electron chi connectivity index (χ4n) is 2.45. The Labute approximate surface area is 134 Å². The van der Waals surface area contributed by atoms with Gasteiger partial charge >= 0.3 is 0 Å². The molecule has 0 aliphatic carbocycles. The maximum absolute atomic E-state index is 5.98. The van der Waals surface area contributed by atoms with Gasteiger partial charge in [0.15, 0.2) is 0 Å². The normalized spacial score (nSPS) is 15.9. The second-order valence-corrected chi connectivity index (χ2v) is 6.67. The predicted molar refractivity (Wildman–Crippen MR) is 92.8 cm³/mol. The van der Waals surface area contributed by atoms with E-state index in [1.807, 2.05) is 0 Å². The molecule has 0 aliphatic heterocycles. The summed E-state index contributed by atoms with van der Waals surface area (Å²) < 4.78 is 11.8. The highest BCUT2D eigenvalue weighted by atomic mass is 16.5. The van der Waals surface area contributed by atoms with Gasteiger partial charge in [0, 0.05) is 19.8 Å². The maximum atomic E-state index is 5.98. The van der Waals surface area contributed by atoms with Gasteiger partial charge in [0.1, 0.15) is 0 Å². The van der Waals surface area contributed by atoms with Gasteiger partial charge in [-0.1, -0.05) is 59.8 Å². The van der Waals surface area contributed by atoms with E-state index < -0.39 is 0 Å². The lowest BCUT2D eigenvalue weighted by molar-refractivity contribution is 0.00738. The van der Waals surface area contributed by atoms with Crippen molar-refractivity contribution in [3.63, 3.8) is 0 Å². The molecule has 3 atom stereocenters. The second-order valence-electron chi connectivity index (χ2n) is 6.67. The minimum Gasteiger partial charge on any atom is -0.381 e. The predicted octanol–water partition coefficient (Wildman–Crippen LogP) is 5.84. The van der Waals surface area contributed by atoms with Crippen molar-refractivity contribution in [3.8, 4) is 0 Å². The van der Waals surface area contributed by atoms with Crippen LogP contribution < -0.4 is 0 Å². The summed E-state index contributed by atoms with van der Waals surface area (Å²) in [5.41, 5.74) is 0. The zero-order valence-electron chi connectivity index (χ0n) is 15.3. The van der Waals surface area contributed by atoms with Crippen LogP contribution in [0.25, 0.3) is 0 Å². The molecule has 21 heavy (non-hydrogen) atoms. The summed E-state index contributed by atoms with van der Waals surface area (Å²) in [7, 11) is 0. The zero-order valence-corrected chi connectivity index (χ0v) is 15.3. The van der Waals surface area contributed by atoms with Crippen molar-refractivity contribution in [2.75, 3.05) is 19.8 Å². The standard InChI is InChI=1S/C19H40O2/c1-6-9-11-17(4)15-20-14-13-18(5)21-16-19(8-3)12-10-7-2/h17-19H,6-16H2,1-5H3. The summed E-state index contributed by atoms with van der Waals surface area (Å²) in [5.74, 6) is 1.43. The summed E-state index contributed by atoms with van der Waals surface area (Å²) >= 11 is 0. The monoisotopic (exact) mass is 300 g/mol. The first-order valence-corrected chi connectivity index (χ1v) is 9.33. The topological polar surface area (TPSA) is 18.5 Å². The van der Waals surface area contributed by atoms with E-state index in [0.29, 0.717) is 12.0 Å². The fraction of sp³-hybridized carbons (Fsp3) is 1.00. The molecule has 0 aliphatic rings. The van der Waals surface area contributed by atoms with Gasteiger partial charge in [-0.25, -0.2) is 0 Å². The molecule has 0 rings (SSSR count).